The maximum atomic E-state index is 12.6. The summed E-state index contributed by atoms with van der Waals surface area (Å²) in [5, 5.41) is 1.77. The van der Waals surface area contributed by atoms with E-state index in [1.807, 2.05) is 42.5 Å². The average Bonchev–Trinajstić information content (AvgIpc) is 2.54. The Morgan fingerprint density at radius 3 is 2.30 bits per heavy atom. The topological polar surface area (TPSA) is 34.1 Å². The predicted molar refractivity (Wildman–Crippen MR) is 79.2 cm³/mol. The van der Waals surface area contributed by atoms with E-state index in [0.717, 1.165) is 17.1 Å². The fourth-order valence-electron chi connectivity index (χ4n) is 2.33. The van der Waals surface area contributed by atoms with Gasteiger partial charge in [0.1, 0.15) is 6.29 Å². The van der Waals surface area contributed by atoms with Crippen molar-refractivity contribution >= 4 is 22.8 Å². The number of hydrogen-bond donors (Lipinski definition) is 0. The van der Waals surface area contributed by atoms with Gasteiger partial charge in [-0.15, -0.1) is 0 Å². The molecule has 0 saturated heterocycles. The van der Waals surface area contributed by atoms with Gasteiger partial charge in [0, 0.05) is 16.7 Å². The zero-order valence-corrected chi connectivity index (χ0v) is 10.7. The second kappa shape index (κ2) is 5.10. The van der Waals surface area contributed by atoms with Crippen LogP contribution in [0.15, 0.2) is 66.7 Å². The monoisotopic (exact) mass is 260 g/mol. The summed E-state index contributed by atoms with van der Waals surface area (Å²) < 4.78 is 0. The summed E-state index contributed by atoms with van der Waals surface area (Å²) in [7, 11) is 0. The second-order valence-corrected chi connectivity index (χ2v) is 4.60. The molecule has 0 aliphatic carbocycles. The lowest BCUT2D eigenvalue weighted by atomic mass is 9.95. The average molecular weight is 260 g/mol. The number of benzene rings is 3. The Morgan fingerprint density at radius 1 is 0.850 bits per heavy atom. The van der Waals surface area contributed by atoms with E-state index in [0.29, 0.717) is 16.7 Å². The molecule has 0 amide bonds. The highest BCUT2D eigenvalue weighted by atomic mass is 16.1. The van der Waals surface area contributed by atoms with E-state index in [1.54, 1.807) is 24.3 Å². The van der Waals surface area contributed by atoms with Crippen molar-refractivity contribution in [2.45, 2.75) is 0 Å². The molecular weight excluding hydrogens is 248 g/mol. The summed E-state index contributed by atoms with van der Waals surface area (Å²) in [6.07, 6.45) is 0.772. The molecule has 2 nitrogen and oxygen atoms in total. The van der Waals surface area contributed by atoms with Gasteiger partial charge in [-0.1, -0.05) is 54.6 Å². The summed E-state index contributed by atoms with van der Waals surface area (Å²) in [6, 6.07) is 20.2. The van der Waals surface area contributed by atoms with E-state index in [-0.39, 0.29) is 5.78 Å². The zero-order chi connectivity index (χ0) is 13.9. The molecule has 3 aromatic carbocycles. The Balaban J connectivity index is 2.25. The first kappa shape index (κ1) is 12.3. The largest absolute Gasteiger partial charge is 0.298 e. The lowest BCUT2D eigenvalue weighted by Gasteiger charge is -2.07. The number of fused-ring (bicyclic) bond motifs is 1. The summed E-state index contributed by atoms with van der Waals surface area (Å²) >= 11 is 0. The fraction of sp³-hybridized carbons (Fsp3) is 0. The molecule has 0 spiro atoms. The van der Waals surface area contributed by atoms with Crippen LogP contribution in [0.5, 0.6) is 0 Å². The van der Waals surface area contributed by atoms with Crippen LogP contribution in [0, 0.1) is 0 Å². The van der Waals surface area contributed by atoms with Crippen LogP contribution in [0.3, 0.4) is 0 Å². The van der Waals surface area contributed by atoms with Gasteiger partial charge in [0.15, 0.2) is 5.78 Å². The Labute approximate surface area is 116 Å². The van der Waals surface area contributed by atoms with E-state index < -0.39 is 0 Å². The van der Waals surface area contributed by atoms with Crippen molar-refractivity contribution in [1.82, 2.24) is 0 Å². The van der Waals surface area contributed by atoms with E-state index in [1.165, 1.54) is 0 Å². The van der Waals surface area contributed by atoms with Crippen molar-refractivity contribution in [1.29, 1.82) is 0 Å². The van der Waals surface area contributed by atoms with Gasteiger partial charge in [0.2, 0.25) is 0 Å². The first-order valence-corrected chi connectivity index (χ1v) is 6.37. The van der Waals surface area contributed by atoms with E-state index >= 15 is 0 Å². The maximum Gasteiger partial charge on any atom is 0.193 e. The van der Waals surface area contributed by atoms with Crippen molar-refractivity contribution < 1.29 is 9.59 Å². The molecule has 0 unspecified atom stereocenters. The second-order valence-electron chi connectivity index (χ2n) is 4.60. The van der Waals surface area contributed by atoms with E-state index in [4.69, 9.17) is 0 Å². The van der Waals surface area contributed by atoms with Crippen molar-refractivity contribution in [3.8, 4) is 0 Å². The van der Waals surface area contributed by atoms with Crippen molar-refractivity contribution in [3.63, 3.8) is 0 Å². The molecule has 3 aromatic rings. The molecule has 0 radical (unpaired) electrons. The van der Waals surface area contributed by atoms with Crippen molar-refractivity contribution in [2.24, 2.45) is 0 Å². The van der Waals surface area contributed by atoms with Crippen molar-refractivity contribution in [3.05, 3.63) is 83.4 Å². The third-order valence-corrected chi connectivity index (χ3v) is 3.30. The molecule has 0 fully saturated rings. The SMILES string of the molecule is O=Cc1cc(C(=O)c2ccccc2)c2ccccc2c1. The van der Waals surface area contributed by atoms with Crippen LogP contribution < -0.4 is 0 Å². The van der Waals surface area contributed by atoms with Gasteiger partial charge in [0.25, 0.3) is 0 Å². The molecule has 0 N–H and O–H groups in total. The van der Waals surface area contributed by atoms with Crippen LogP contribution in [0.4, 0.5) is 0 Å². The molecule has 0 atom stereocenters. The standard InChI is InChI=1S/C18H12O2/c19-12-13-10-15-8-4-5-9-16(15)17(11-13)18(20)14-6-2-1-3-7-14/h1-12H. The van der Waals surface area contributed by atoms with Crippen LogP contribution >= 0.6 is 0 Å². The van der Waals surface area contributed by atoms with Gasteiger partial charge >= 0.3 is 0 Å². The van der Waals surface area contributed by atoms with Crippen molar-refractivity contribution in [2.75, 3.05) is 0 Å². The van der Waals surface area contributed by atoms with Crippen LogP contribution in [0.2, 0.25) is 0 Å². The quantitative estimate of drug-likeness (QED) is 0.529. The molecule has 0 bridgehead atoms. The van der Waals surface area contributed by atoms with Gasteiger partial charge in [-0.05, 0) is 22.9 Å². The van der Waals surface area contributed by atoms with Crippen LogP contribution in [-0.4, -0.2) is 12.1 Å². The summed E-state index contributed by atoms with van der Waals surface area (Å²) in [6.45, 7) is 0. The number of rotatable bonds is 3. The van der Waals surface area contributed by atoms with Crippen LogP contribution in [-0.2, 0) is 0 Å². The van der Waals surface area contributed by atoms with Gasteiger partial charge < -0.3 is 0 Å². The molecule has 0 aromatic heterocycles. The first-order chi connectivity index (χ1) is 9.79. The van der Waals surface area contributed by atoms with Gasteiger partial charge in [0.05, 0.1) is 0 Å². The van der Waals surface area contributed by atoms with E-state index in [2.05, 4.69) is 0 Å². The zero-order valence-electron chi connectivity index (χ0n) is 10.7. The minimum absolute atomic E-state index is 0.0644. The molecule has 0 aliphatic heterocycles. The lowest BCUT2D eigenvalue weighted by Crippen LogP contribution is -2.03. The predicted octanol–water partition coefficient (Wildman–Crippen LogP) is 3.88. The minimum atomic E-state index is -0.0644. The van der Waals surface area contributed by atoms with Gasteiger partial charge in [-0.3, -0.25) is 9.59 Å². The number of carbonyl (C=O) groups is 2. The van der Waals surface area contributed by atoms with Gasteiger partial charge in [-0.2, -0.15) is 0 Å². The van der Waals surface area contributed by atoms with Crippen LogP contribution in [0.25, 0.3) is 10.8 Å². The Bertz CT molecular complexity index is 789. The minimum Gasteiger partial charge on any atom is -0.298 e. The number of carbonyl (C=O) groups excluding carboxylic acids is 2. The number of hydrogen-bond acceptors (Lipinski definition) is 2. The first-order valence-electron chi connectivity index (χ1n) is 6.37. The third-order valence-electron chi connectivity index (χ3n) is 3.30. The number of aldehydes is 1. The molecule has 3 rings (SSSR count). The normalized spacial score (nSPS) is 10.4. The molecule has 0 aliphatic rings. The molecule has 0 saturated carbocycles. The third kappa shape index (κ3) is 2.12. The highest BCUT2D eigenvalue weighted by molar-refractivity contribution is 6.17. The summed E-state index contributed by atoms with van der Waals surface area (Å²) in [5.41, 5.74) is 1.71. The lowest BCUT2D eigenvalue weighted by molar-refractivity contribution is 0.104. The summed E-state index contributed by atoms with van der Waals surface area (Å²) in [5.74, 6) is -0.0644. The fourth-order valence-corrected chi connectivity index (χ4v) is 2.33. The molecular formula is C18H12O2. The van der Waals surface area contributed by atoms with E-state index in [9.17, 15) is 9.59 Å². The van der Waals surface area contributed by atoms with Gasteiger partial charge in [-0.25, -0.2) is 0 Å². The Hall–Kier alpha value is -2.74. The molecule has 0 heterocycles. The molecule has 2 heteroatoms. The molecule has 20 heavy (non-hydrogen) atoms. The highest BCUT2D eigenvalue weighted by Crippen LogP contribution is 2.23. The highest BCUT2D eigenvalue weighted by Gasteiger charge is 2.13. The van der Waals surface area contributed by atoms with Crippen LogP contribution in [0.1, 0.15) is 26.3 Å². The molecule has 96 valence electrons. The maximum absolute atomic E-state index is 12.6. The smallest absolute Gasteiger partial charge is 0.193 e. The number of ketones is 1. The Morgan fingerprint density at radius 2 is 1.55 bits per heavy atom. The summed E-state index contributed by atoms with van der Waals surface area (Å²) in [4.78, 5) is 23.7. The Kier molecular flexibility index (Phi) is 3.13.